The van der Waals surface area contributed by atoms with E-state index >= 15 is 0 Å². The van der Waals surface area contributed by atoms with Gasteiger partial charge in [-0.15, -0.1) is 0 Å². The summed E-state index contributed by atoms with van der Waals surface area (Å²) in [6.45, 7) is 4.34. The Labute approximate surface area is 296 Å². The molecule has 0 bridgehead atoms. The zero-order chi connectivity index (χ0) is 34.6. The summed E-state index contributed by atoms with van der Waals surface area (Å²) in [5.74, 6) is 0.633. The van der Waals surface area contributed by atoms with Crippen LogP contribution in [0.2, 0.25) is 5.02 Å². The number of anilines is 2. The number of carbonyl (C=O) groups excluding carboxylic acids is 1. The largest absolute Gasteiger partial charge is 0.462 e. The van der Waals surface area contributed by atoms with E-state index in [4.69, 9.17) is 31.6 Å². The van der Waals surface area contributed by atoms with Gasteiger partial charge in [0.05, 0.1) is 60.3 Å². The van der Waals surface area contributed by atoms with Gasteiger partial charge in [-0.2, -0.15) is 20.5 Å². The van der Waals surface area contributed by atoms with E-state index in [2.05, 4.69) is 63.1 Å². The predicted molar refractivity (Wildman–Crippen MR) is 192 cm³/mol. The topological polar surface area (TPSA) is 130 Å². The lowest BCUT2D eigenvalue weighted by atomic mass is 10.0. The summed E-state index contributed by atoms with van der Waals surface area (Å²) in [6.07, 6.45) is 9.74. The number of rotatable bonds is 9. The average molecular weight is 691 g/mol. The number of carbonyl (C=O) groups is 1. The number of nitriles is 2. The number of imidazole rings is 1. The van der Waals surface area contributed by atoms with Crippen molar-refractivity contribution in [1.29, 1.82) is 10.5 Å². The van der Waals surface area contributed by atoms with Crippen molar-refractivity contribution >= 4 is 46.0 Å². The molecule has 2 fully saturated rings. The Morgan fingerprint density at radius 2 is 1.92 bits per heavy atom. The maximum absolute atomic E-state index is 13.4. The van der Waals surface area contributed by atoms with Crippen molar-refractivity contribution in [3.8, 4) is 18.1 Å². The van der Waals surface area contributed by atoms with Crippen LogP contribution in [0.25, 0.3) is 17.0 Å². The van der Waals surface area contributed by atoms with Gasteiger partial charge in [0.15, 0.2) is 0 Å². The number of ether oxygens (including phenoxy) is 1. The van der Waals surface area contributed by atoms with Crippen LogP contribution in [0.4, 0.5) is 11.5 Å². The van der Waals surface area contributed by atoms with Crippen molar-refractivity contribution in [3.05, 3.63) is 77.0 Å². The maximum Gasteiger partial charge on any atom is 0.318 e. The van der Waals surface area contributed by atoms with E-state index in [1.807, 2.05) is 12.1 Å². The van der Waals surface area contributed by atoms with Crippen LogP contribution >= 0.6 is 11.6 Å². The Bertz CT molecular complexity index is 1990. The molecule has 5 heterocycles. The molecule has 2 atom stereocenters. The summed E-state index contributed by atoms with van der Waals surface area (Å²) in [5.41, 5.74) is 3.69. The molecule has 2 saturated heterocycles. The maximum atomic E-state index is 13.4. The molecular formula is C37H39ClN10O2. The number of nitrogens with zero attached hydrogens (tertiary/aromatic N) is 10. The number of likely N-dealkylation sites (N-methyl/N-ethyl adjacent to an activating group) is 1. The highest BCUT2D eigenvalue weighted by Crippen LogP contribution is 2.37. The van der Waals surface area contributed by atoms with Crippen molar-refractivity contribution in [1.82, 2.24) is 29.3 Å². The van der Waals surface area contributed by atoms with Crippen LogP contribution in [0.3, 0.4) is 0 Å². The van der Waals surface area contributed by atoms with Gasteiger partial charge in [-0.05, 0) is 50.4 Å². The zero-order valence-electron chi connectivity index (χ0n) is 28.1. The van der Waals surface area contributed by atoms with E-state index in [1.54, 1.807) is 28.2 Å². The average Bonchev–Trinajstić information content (AvgIpc) is 3.77. The molecule has 2 aromatic carbocycles. The quantitative estimate of drug-likeness (QED) is 0.228. The molecule has 7 rings (SSSR count). The molecule has 0 spiro atoms. The van der Waals surface area contributed by atoms with Crippen molar-refractivity contribution in [3.63, 3.8) is 0 Å². The third-order valence-corrected chi connectivity index (χ3v) is 10.3. The second-order valence-corrected chi connectivity index (χ2v) is 13.5. The predicted octanol–water partition coefficient (Wildman–Crippen LogP) is 4.68. The normalized spacial score (nSPS) is 19.5. The lowest BCUT2D eigenvalue weighted by Crippen LogP contribution is -2.55. The molecule has 0 radical (unpaired) electrons. The number of likely N-dealkylation sites (tertiary alicyclic amines) is 1. The molecule has 256 valence electrons. The Kier molecular flexibility index (Phi) is 9.83. The van der Waals surface area contributed by atoms with Gasteiger partial charge in [0.2, 0.25) is 5.91 Å². The highest BCUT2D eigenvalue weighted by atomic mass is 35.5. The Morgan fingerprint density at radius 1 is 1.06 bits per heavy atom. The minimum atomic E-state index is -0.331. The minimum absolute atomic E-state index is 0.181. The molecule has 50 heavy (non-hydrogen) atoms. The molecule has 12 nitrogen and oxygen atoms in total. The van der Waals surface area contributed by atoms with Gasteiger partial charge >= 0.3 is 6.01 Å². The monoisotopic (exact) mass is 690 g/mol. The number of hydrogen-bond acceptors (Lipinski definition) is 10. The van der Waals surface area contributed by atoms with Crippen LogP contribution in [-0.4, -0.2) is 93.7 Å². The molecule has 4 aromatic rings. The summed E-state index contributed by atoms with van der Waals surface area (Å²) in [7, 11) is 2.13. The van der Waals surface area contributed by atoms with Crippen molar-refractivity contribution in [2.45, 2.75) is 50.7 Å². The standard InChI is InChI=1S/C37H39ClN10O2/c1-44-16-4-7-29(44)24-50-37-42-32-23-46(33-9-3-6-26-5-2-8-31(38)35(26)33)18-12-30(32)36(43-37)47-19-20-48(28(22-47)11-15-40)34(49)13-17-45-21-27(10-14-39)41-25-45/h2-3,5-6,8-9,13,17,21,25,28-29H,4,7,10-12,16,18-20,22-24H2,1H3/b17-13+/t28-,29-/m0/s1. The van der Waals surface area contributed by atoms with Crippen LogP contribution in [0.15, 0.2) is 55.0 Å². The third kappa shape index (κ3) is 6.95. The summed E-state index contributed by atoms with van der Waals surface area (Å²) in [6, 6.07) is 16.9. The van der Waals surface area contributed by atoms with Crippen LogP contribution in [0.1, 0.15) is 36.2 Å². The van der Waals surface area contributed by atoms with E-state index < -0.39 is 0 Å². The molecule has 2 aromatic heterocycles. The Balaban J connectivity index is 1.16. The SMILES string of the molecule is CN1CCC[C@H]1COc1nc2c(c(N3CCN(C(=O)/C=C/n4cnc(CC#N)c4)[C@@H](CC#N)C3)n1)CCN(c1cccc3cccc(Cl)c13)C2. The van der Waals surface area contributed by atoms with Crippen molar-refractivity contribution in [2.75, 3.05) is 56.2 Å². The van der Waals surface area contributed by atoms with Gasteiger partial charge in [0.25, 0.3) is 0 Å². The van der Waals surface area contributed by atoms with Crippen LogP contribution < -0.4 is 14.5 Å². The fraction of sp³-hybridized carbons (Fsp3) is 0.405. The smallest absolute Gasteiger partial charge is 0.318 e. The Morgan fingerprint density at radius 3 is 2.72 bits per heavy atom. The number of fused-ring (bicyclic) bond motifs is 2. The number of piperazine rings is 1. The Hall–Kier alpha value is -5.17. The van der Waals surface area contributed by atoms with Crippen LogP contribution in [0.5, 0.6) is 6.01 Å². The van der Waals surface area contributed by atoms with Crippen molar-refractivity contribution in [2.24, 2.45) is 0 Å². The molecule has 1 amide bonds. The van der Waals surface area contributed by atoms with Gasteiger partial charge < -0.3 is 28.9 Å². The highest BCUT2D eigenvalue weighted by Gasteiger charge is 2.34. The molecule has 3 aliphatic heterocycles. The highest BCUT2D eigenvalue weighted by molar-refractivity contribution is 6.36. The van der Waals surface area contributed by atoms with E-state index in [0.717, 1.165) is 70.9 Å². The number of amides is 1. The number of hydrogen-bond donors (Lipinski definition) is 0. The zero-order valence-corrected chi connectivity index (χ0v) is 28.8. The first-order valence-electron chi connectivity index (χ1n) is 17.1. The third-order valence-electron chi connectivity index (χ3n) is 9.97. The van der Waals surface area contributed by atoms with Gasteiger partial charge in [0.1, 0.15) is 12.4 Å². The second kappa shape index (κ2) is 14.8. The first-order valence-corrected chi connectivity index (χ1v) is 17.4. The van der Waals surface area contributed by atoms with Gasteiger partial charge in [0, 0.05) is 67.3 Å². The fourth-order valence-electron chi connectivity index (χ4n) is 7.32. The molecule has 0 N–H and O–H groups in total. The number of benzene rings is 2. The first kappa shape index (κ1) is 33.3. The number of halogens is 1. The minimum Gasteiger partial charge on any atom is -0.462 e. The van der Waals surface area contributed by atoms with Gasteiger partial charge in [-0.25, -0.2) is 4.98 Å². The molecule has 13 heteroatoms. The number of aromatic nitrogens is 4. The first-order chi connectivity index (χ1) is 24.4. The van der Waals surface area contributed by atoms with E-state index in [-0.39, 0.29) is 24.8 Å². The van der Waals surface area contributed by atoms with E-state index in [1.165, 1.54) is 6.08 Å². The molecule has 3 aliphatic rings. The molecular weight excluding hydrogens is 652 g/mol. The molecule has 0 aliphatic carbocycles. The second-order valence-electron chi connectivity index (χ2n) is 13.1. The lowest BCUT2D eigenvalue weighted by Gasteiger charge is -2.42. The summed E-state index contributed by atoms with van der Waals surface area (Å²) in [5, 5.41) is 21.5. The van der Waals surface area contributed by atoms with Crippen LogP contribution in [0, 0.1) is 22.7 Å². The molecule has 0 saturated carbocycles. The van der Waals surface area contributed by atoms with Gasteiger partial charge in [-0.3, -0.25) is 4.79 Å². The molecule has 0 unspecified atom stereocenters. The van der Waals surface area contributed by atoms with E-state index in [0.29, 0.717) is 50.5 Å². The summed E-state index contributed by atoms with van der Waals surface area (Å²) in [4.78, 5) is 36.2. The van der Waals surface area contributed by atoms with Crippen LogP contribution in [-0.2, 0) is 24.2 Å². The van der Waals surface area contributed by atoms with Crippen molar-refractivity contribution < 1.29 is 9.53 Å². The lowest BCUT2D eigenvalue weighted by molar-refractivity contribution is -0.128. The van der Waals surface area contributed by atoms with Gasteiger partial charge in [-0.1, -0.05) is 35.9 Å². The fourth-order valence-corrected chi connectivity index (χ4v) is 7.60. The summed E-state index contributed by atoms with van der Waals surface area (Å²) >= 11 is 6.73. The summed E-state index contributed by atoms with van der Waals surface area (Å²) < 4.78 is 7.99. The van der Waals surface area contributed by atoms with E-state index in [9.17, 15) is 10.1 Å².